The standard InChI is InChI=1S/C16H18N6O2/c1-10-11(9-21(2)19-10)16-18-15(8-14(17)23)20-22(16)12-6-4-5-7-13(12)24-3/h4-7,9H,8H2,1-3H3,(H2,17,23). The fraction of sp³-hybridized carbons (Fsp3) is 0.250. The molecule has 2 aromatic heterocycles. The molecular weight excluding hydrogens is 308 g/mol. The first-order chi connectivity index (χ1) is 11.5. The number of hydrogen-bond acceptors (Lipinski definition) is 5. The highest BCUT2D eigenvalue weighted by Crippen LogP contribution is 2.28. The summed E-state index contributed by atoms with van der Waals surface area (Å²) in [5, 5.41) is 8.79. The van der Waals surface area contributed by atoms with E-state index in [-0.39, 0.29) is 6.42 Å². The van der Waals surface area contributed by atoms with Crippen LogP contribution in [0.5, 0.6) is 5.75 Å². The quantitative estimate of drug-likeness (QED) is 0.754. The molecule has 0 aliphatic carbocycles. The molecule has 0 unspecified atom stereocenters. The molecule has 8 heteroatoms. The van der Waals surface area contributed by atoms with Crippen LogP contribution in [0.3, 0.4) is 0 Å². The number of amides is 1. The number of aromatic nitrogens is 5. The molecule has 1 amide bonds. The number of para-hydroxylation sites is 2. The molecular formula is C16H18N6O2. The van der Waals surface area contributed by atoms with Crippen molar-refractivity contribution in [2.24, 2.45) is 12.8 Å². The molecule has 0 fully saturated rings. The normalized spacial score (nSPS) is 10.8. The van der Waals surface area contributed by atoms with Crippen LogP contribution in [0.4, 0.5) is 0 Å². The molecule has 0 atom stereocenters. The molecule has 0 aliphatic rings. The van der Waals surface area contributed by atoms with E-state index in [0.29, 0.717) is 17.4 Å². The van der Waals surface area contributed by atoms with Gasteiger partial charge in [0.25, 0.3) is 0 Å². The van der Waals surface area contributed by atoms with Crippen LogP contribution in [0, 0.1) is 6.92 Å². The van der Waals surface area contributed by atoms with E-state index in [1.165, 1.54) is 0 Å². The number of nitrogens with two attached hydrogens (primary N) is 1. The van der Waals surface area contributed by atoms with E-state index in [0.717, 1.165) is 16.9 Å². The van der Waals surface area contributed by atoms with E-state index in [1.54, 1.807) is 16.5 Å². The van der Waals surface area contributed by atoms with Crippen LogP contribution < -0.4 is 10.5 Å². The molecule has 0 spiro atoms. The van der Waals surface area contributed by atoms with Gasteiger partial charge in [0.15, 0.2) is 11.6 Å². The molecule has 124 valence electrons. The van der Waals surface area contributed by atoms with Crippen molar-refractivity contribution in [3.8, 4) is 22.8 Å². The maximum atomic E-state index is 11.2. The number of benzene rings is 1. The number of carbonyl (C=O) groups is 1. The maximum absolute atomic E-state index is 11.2. The average Bonchev–Trinajstić information content (AvgIpc) is 3.09. The van der Waals surface area contributed by atoms with Crippen LogP contribution in [0.2, 0.25) is 0 Å². The van der Waals surface area contributed by atoms with Gasteiger partial charge in [0, 0.05) is 13.2 Å². The van der Waals surface area contributed by atoms with Crippen LogP contribution >= 0.6 is 0 Å². The van der Waals surface area contributed by atoms with Crippen LogP contribution in [0.25, 0.3) is 17.1 Å². The lowest BCUT2D eigenvalue weighted by Gasteiger charge is -2.09. The van der Waals surface area contributed by atoms with Crippen molar-refractivity contribution in [2.75, 3.05) is 7.11 Å². The molecule has 0 saturated carbocycles. The van der Waals surface area contributed by atoms with Crippen LogP contribution in [0.15, 0.2) is 30.5 Å². The topological polar surface area (TPSA) is 101 Å². The highest BCUT2D eigenvalue weighted by molar-refractivity contribution is 5.76. The summed E-state index contributed by atoms with van der Waals surface area (Å²) in [6.07, 6.45) is 1.83. The molecule has 2 N–H and O–H groups in total. The van der Waals surface area contributed by atoms with Gasteiger partial charge < -0.3 is 10.5 Å². The maximum Gasteiger partial charge on any atom is 0.225 e. The van der Waals surface area contributed by atoms with Crippen molar-refractivity contribution in [1.82, 2.24) is 24.5 Å². The molecule has 1 aromatic carbocycles. The Hall–Kier alpha value is -3.16. The third-order valence-corrected chi connectivity index (χ3v) is 3.55. The zero-order valence-electron chi connectivity index (χ0n) is 13.7. The van der Waals surface area contributed by atoms with Gasteiger partial charge in [-0.25, -0.2) is 9.67 Å². The van der Waals surface area contributed by atoms with E-state index in [1.807, 2.05) is 44.4 Å². The monoisotopic (exact) mass is 326 g/mol. The number of primary amides is 1. The SMILES string of the molecule is COc1ccccc1-n1nc(CC(N)=O)nc1-c1cn(C)nc1C. The predicted molar refractivity (Wildman–Crippen MR) is 87.7 cm³/mol. The summed E-state index contributed by atoms with van der Waals surface area (Å²) in [4.78, 5) is 15.7. The first-order valence-electron chi connectivity index (χ1n) is 7.38. The lowest BCUT2D eigenvalue weighted by Crippen LogP contribution is -2.14. The van der Waals surface area contributed by atoms with Gasteiger partial charge in [-0.05, 0) is 19.1 Å². The van der Waals surface area contributed by atoms with Gasteiger partial charge in [-0.15, -0.1) is 0 Å². The largest absolute Gasteiger partial charge is 0.494 e. The summed E-state index contributed by atoms with van der Waals surface area (Å²) < 4.78 is 8.78. The number of hydrogen-bond donors (Lipinski definition) is 1. The number of ether oxygens (including phenoxy) is 1. The third-order valence-electron chi connectivity index (χ3n) is 3.55. The summed E-state index contributed by atoms with van der Waals surface area (Å²) in [6.45, 7) is 1.89. The number of aryl methyl sites for hydroxylation is 2. The fourth-order valence-electron chi connectivity index (χ4n) is 2.55. The van der Waals surface area contributed by atoms with Gasteiger partial charge in [0.05, 0.1) is 24.8 Å². The minimum absolute atomic E-state index is 0.0333. The summed E-state index contributed by atoms with van der Waals surface area (Å²) in [5.74, 6) is 1.10. The molecule has 8 nitrogen and oxygen atoms in total. The van der Waals surface area contributed by atoms with Crippen LogP contribution in [-0.4, -0.2) is 37.6 Å². The second-order valence-corrected chi connectivity index (χ2v) is 5.38. The van der Waals surface area contributed by atoms with E-state index in [4.69, 9.17) is 10.5 Å². The minimum Gasteiger partial charge on any atom is -0.494 e. The molecule has 3 aromatic rings. The van der Waals surface area contributed by atoms with Crippen LogP contribution in [-0.2, 0) is 18.3 Å². The van der Waals surface area contributed by atoms with Gasteiger partial charge in [-0.1, -0.05) is 12.1 Å². The van der Waals surface area contributed by atoms with Gasteiger partial charge in [-0.2, -0.15) is 10.2 Å². The van der Waals surface area contributed by atoms with E-state index >= 15 is 0 Å². The van der Waals surface area contributed by atoms with Crippen molar-refractivity contribution in [3.63, 3.8) is 0 Å². The van der Waals surface area contributed by atoms with E-state index in [9.17, 15) is 4.79 Å². The van der Waals surface area contributed by atoms with Gasteiger partial charge in [0.2, 0.25) is 5.91 Å². The first-order valence-corrected chi connectivity index (χ1v) is 7.38. The molecule has 0 saturated heterocycles. The first kappa shape index (κ1) is 15.7. The molecule has 2 heterocycles. The van der Waals surface area contributed by atoms with Crippen molar-refractivity contribution in [2.45, 2.75) is 13.3 Å². The van der Waals surface area contributed by atoms with Crippen molar-refractivity contribution in [1.29, 1.82) is 0 Å². The van der Waals surface area contributed by atoms with E-state index in [2.05, 4.69) is 15.2 Å². The molecule has 3 rings (SSSR count). The number of rotatable bonds is 5. The Balaban J connectivity index is 2.22. The Bertz CT molecular complexity index is 896. The van der Waals surface area contributed by atoms with Crippen molar-refractivity contribution < 1.29 is 9.53 Å². The van der Waals surface area contributed by atoms with Crippen LogP contribution in [0.1, 0.15) is 11.5 Å². The average molecular weight is 326 g/mol. The Kier molecular flexibility index (Phi) is 4.03. The number of nitrogens with zero attached hydrogens (tertiary/aromatic N) is 5. The smallest absolute Gasteiger partial charge is 0.225 e. The Morgan fingerprint density at radius 2 is 2.04 bits per heavy atom. The van der Waals surface area contributed by atoms with E-state index < -0.39 is 5.91 Å². The molecule has 0 bridgehead atoms. The highest BCUT2D eigenvalue weighted by Gasteiger charge is 2.20. The lowest BCUT2D eigenvalue weighted by atomic mass is 10.2. The minimum atomic E-state index is -0.485. The van der Waals surface area contributed by atoms with Crippen molar-refractivity contribution in [3.05, 3.63) is 42.0 Å². The summed E-state index contributed by atoms with van der Waals surface area (Å²) in [7, 11) is 3.43. The summed E-state index contributed by atoms with van der Waals surface area (Å²) in [6, 6.07) is 7.47. The lowest BCUT2D eigenvalue weighted by molar-refractivity contribution is -0.117. The molecule has 0 radical (unpaired) electrons. The molecule has 0 aliphatic heterocycles. The predicted octanol–water partition coefficient (Wildman–Crippen LogP) is 1.01. The summed E-state index contributed by atoms with van der Waals surface area (Å²) >= 11 is 0. The fourth-order valence-corrected chi connectivity index (χ4v) is 2.55. The van der Waals surface area contributed by atoms with Gasteiger partial charge in [-0.3, -0.25) is 9.48 Å². The zero-order valence-corrected chi connectivity index (χ0v) is 13.7. The Morgan fingerprint density at radius 3 is 2.67 bits per heavy atom. The highest BCUT2D eigenvalue weighted by atomic mass is 16.5. The Morgan fingerprint density at radius 1 is 1.29 bits per heavy atom. The third kappa shape index (κ3) is 2.85. The molecule has 24 heavy (non-hydrogen) atoms. The number of carbonyl (C=O) groups excluding carboxylic acids is 1. The van der Waals surface area contributed by atoms with Crippen molar-refractivity contribution >= 4 is 5.91 Å². The van der Waals surface area contributed by atoms with Gasteiger partial charge in [0.1, 0.15) is 11.4 Å². The van der Waals surface area contributed by atoms with Gasteiger partial charge >= 0.3 is 0 Å². The second-order valence-electron chi connectivity index (χ2n) is 5.38. The summed E-state index contributed by atoms with van der Waals surface area (Å²) in [5.41, 5.74) is 7.64. The zero-order chi connectivity index (χ0) is 17.3. The second kappa shape index (κ2) is 6.15. The number of methoxy groups -OCH3 is 1. The Labute approximate surface area is 138 Å².